The maximum Gasteiger partial charge on any atom is 0.293 e. The zero-order valence-electron chi connectivity index (χ0n) is 26.5. The zero-order valence-corrected chi connectivity index (χ0v) is 27.3. The number of non-ortho nitro benzene ring substituents is 1. The standard InChI is InChI=1S/C31H36N8O9S/c40-16-15-34-9-13-37(14-10-34)49(45,46)31-19-25(38(41)42)3-4-26(31)33-32-20-23-1-5-27(28(17-23)39(43)44)36-11-7-35(8-12-36)21-24-2-6-29-30(18-24)48-22-47-29/h1-6,17-20,33,40H,7-16,21-22H2/b32-20-. The monoisotopic (exact) mass is 696 g/mol. The molecule has 2 fully saturated rings. The maximum atomic E-state index is 13.6. The Labute approximate surface area is 282 Å². The molecule has 0 unspecified atom stereocenters. The third-order valence-corrected chi connectivity index (χ3v) is 10.6. The number of sulfonamides is 1. The molecule has 2 saturated heterocycles. The number of anilines is 2. The van der Waals surface area contributed by atoms with Gasteiger partial charge in [-0.25, -0.2) is 8.42 Å². The van der Waals surface area contributed by atoms with E-state index in [0.717, 1.165) is 23.1 Å². The largest absolute Gasteiger partial charge is 0.454 e. The van der Waals surface area contributed by atoms with Crippen LogP contribution in [0.2, 0.25) is 0 Å². The second-order valence-corrected chi connectivity index (χ2v) is 13.6. The summed E-state index contributed by atoms with van der Waals surface area (Å²) < 4.78 is 39.3. The Hall–Kier alpha value is -4.88. The molecule has 0 aromatic heterocycles. The van der Waals surface area contributed by atoms with Gasteiger partial charge in [0.1, 0.15) is 10.6 Å². The summed E-state index contributed by atoms with van der Waals surface area (Å²) in [5, 5.41) is 36.9. The number of ether oxygens (including phenoxy) is 2. The number of nitrogens with one attached hydrogen (secondary N) is 1. The lowest BCUT2D eigenvalue weighted by atomic mass is 10.1. The van der Waals surface area contributed by atoms with Crippen LogP contribution in [-0.2, 0) is 16.6 Å². The number of benzene rings is 3. The minimum absolute atomic E-state index is 0.0179. The quantitative estimate of drug-likeness (QED) is 0.159. The van der Waals surface area contributed by atoms with Crippen LogP contribution in [0.1, 0.15) is 11.1 Å². The number of hydrazone groups is 1. The highest BCUT2D eigenvalue weighted by Crippen LogP contribution is 2.34. The first-order valence-electron chi connectivity index (χ1n) is 15.7. The molecule has 0 bridgehead atoms. The molecule has 0 spiro atoms. The molecule has 0 saturated carbocycles. The summed E-state index contributed by atoms with van der Waals surface area (Å²) in [4.78, 5) is 28.3. The van der Waals surface area contributed by atoms with E-state index in [4.69, 9.17) is 9.47 Å². The van der Waals surface area contributed by atoms with Gasteiger partial charge < -0.3 is 19.5 Å². The van der Waals surface area contributed by atoms with Crippen LogP contribution >= 0.6 is 0 Å². The Bertz CT molecular complexity index is 1840. The van der Waals surface area contributed by atoms with Gasteiger partial charge >= 0.3 is 0 Å². The lowest BCUT2D eigenvalue weighted by molar-refractivity contribution is -0.385. The van der Waals surface area contributed by atoms with Crippen molar-refractivity contribution in [2.75, 3.05) is 82.6 Å². The molecular formula is C31H36N8O9S. The van der Waals surface area contributed by atoms with Gasteiger partial charge in [-0.15, -0.1) is 0 Å². The minimum Gasteiger partial charge on any atom is -0.454 e. The van der Waals surface area contributed by atoms with Crippen LogP contribution in [0.4, 0.5) is 22.7 Å². The van der Waals surface area contributed by atoms with E-state index in [1.807, 2.05) is 28.0 Å². The highest BCUT2D eigenvalue weighted by molar-refractivity contribution is 7.89. The van der Waals surface area contributed by atoms with E-state index >= 15 is 0 Å². The maximum absolute atomic E-state index is 13.6. The second-order valence-electron chi connectivity index (χ2n) is 11.7. The Morgan fingerprint density at radius 3 is 2.31 bits per heavy atom. The Morgan fingerprint density at radius 1 is 0.857 bits per heavy atom. The van der Waals surface area contributed by atoms with Gasteiger partial charge in [-0.05, 0) is 29.8 Å². The third-order valence-electron chi connectivity index (χ3n) is 8.69. The number of nitrogens with zero attached hydrogens (tertiary/aromatic N) is 7. The molecule has 3 aromatic rings. The van der Waals surface area contributed by atoms with Crippen LogP contribution < -0.4 is 19.8 Å². The number of piperazine rings is 2. The van der Waals surface area contributed by atoms with Gasteiger partial charge in [0.25, 0.3) is 11.4 Å². The Kier molecular flexibility index (Phi) is 10.2. The molecule has 18 heteroatoms. The van der Waals surface area contributed by atoms with Gasteiger partial charge in [-0.2, -0.15) is 9.41 Å². The molecule has 0 amide bonds. The van der Waals surface area contributed by atoms with Gasteiger partial charge in [0, 0.05) is 89.2 Å². The van der Waals surface area contributed by atoms with Gasteiger partial charge in [0.15, 0.2) is 11.5 Å². The molecule has 17 nitrogen and oxygen atoms in total. The molecule has 3 aliphatic rings. The number of hydrogen-bond acceptors (Lipinski definition) is 14. The SMILES string of the molecule is O=[N+]([O-])c1ccc(N/N=C\c2ccc(N3CCN(Cc4ccc5c(c4)OCO5)CC3)c([N+](=O)[O-])c2)c(S(=O)(=O)N2CCN(CCO)CC2)c1. The van der Waals surface area contributed by atoms with E-state index in [1.165, 1.54) is 28.7 Å². The average molecular weight is 697 g/mol. The molecule has 3 heterocycles. The number of β-amino-alcohol motifs (C(OH)–C–C–N with tert-alkyl or cyclic N) is 1. The highest BCUT2D eigenvalue weighted by Gasteiger charge is 2.32. The summed E-state index contributed by atoms with van der Waals surface area (Å²) in [5.74, 6) is 1.46. The van der Waals surface area contributed by atoms with Crippen LogP contribution in [0, 0.1) is 20.2 Å². The van der Waals surface area contributed by atoms with Crippen molar-refractivity contribution < 1.29 is 32.8 Å². The first-order valence-corrected chi connectivity index (χ1v) is 17.1. The Morgan fingerprint density at radius 2 is 1.59 bits per heavy atom. The number of nitro groups is 2. The van der Waals surface area contributed by atoms with Crippen LogP contribution in [0.15, 0.2) is 64.6 Å². The van der Waals surface area contributed by atoms with Crippen LogP contribution in [0.25, 0.3) is 0 Å². The molecule has 0 atom stereocenters. The predicted octanol–water partition coefficient (Wildman–Crippen LogP) is 2.30. The fraction of sp³-hybridized carbons (Fsp3) is 0.387. The summed E-state index contributed by atoms with van der Waals surface area (Å²) in [5.41, 5.74) is 4.17. The molecule has 3 aliphatic heterocycles. The fourth-order valence-electron chi connectivity index (χ4n) is 6.06. The number of nitro benzene ring substituents is 2. The van der Waals surface area contributed by atoms with E-state index in [0.29, 0.717) is 63.6 Å². The summed E-state index contributed by atoms with van der Waals surface area (Å²) in [7, 11) is -4.15. The second kappa shape index (κ2) is 14.7. The van der Waals surface area contributed by atoms with Gasteiger partial charge in [-0.3, -0.25) is 35.5 Å². The lowest BCUT2D eigenvalue weighted by Gasteiger charge is -2.35. The molecule has 0 radical (unpaired) electrons. The van der Waals surface area contributed by atoms with Gasteiger partial charge in [0.2, 0.25) is 16.8 Å². The zero-order chi connectivity index (χ0) is 34.5. The molecular weight excluding hydrogens is 660 g/mol. The van der Waals surface area contributed by atoms with Crippen molar-refractivity contribution in [2.45, 2.75) is 11.4 Å². The van der Waals surface area contributed by atoms with E-state index in [2.05, 4.69) is 15.4 Å². The summed E-state index contributed by atoms with van der Waals surface area (Å²) in [6.07, 6.45) is 1.32. The van der Waals surface area contributed by atoms with Crippen molar-refractivity contribution in [1.29, 1.82) is 0 Å². The summed E-state index contributed by atoms with van der Waals surface area (Å²) in [6.45, 7) is 5.02. The van der Waals surface area contributed by atoms with Crippen molar-refractivity contribution in [2.24, 2.45) is 5.10 Å². The molecule has 6 rings (SSSR count). The number of rotatable bonds is 12. The normalized spacial score (nSPS) is 17.4. The van der Waals surface area contributed by atoms with E-state index in [1.54, 1.807) is 12.1 Å². The van der Waals surface area contributed by atoms with E-state index in [9.17, 15) is 33.8 Å². The van der Waals surface area contributed by atoms with E-state index < -0.39 is 25.6 Å². The van der Waals surface area contributed by atoms with Crippen molar-refractivity contribution in [3.63, 3.8) is 0 Å². The lowest BCUT2D eigenvalue weighted by Crippen LogP contribution is -2.49. The smallest absolute Gasteiger partial charge is 0.293 e. The summed E-state index contributed by atoms with van der Waals surface area (Å²) in [6, 6.07) is 14.1. The number of aliphatic hydroxyl groups is 1. The van der Waals surface area contributed by atoms with E-state index in [-0.39, 0.29) is 42.8 Å². The number of aliphatic hydroxyl groups excluding tert-OH is 1. The van der Waals surface area contributed by atoms with Gasteiger partial charge in [-0.1, -0.05) is 12.1 Å². The molecule has 0 aliphatic carbocycles. The first-order chi connectivity index (χ1) is 23.6. The van der Waals surface area contributed by atoms with Crippen molar-refractivity contribution in [3.8, 4) is 11.5 Å². The molecule has 3 aromatic carbocycles. The van der Waals surface area contributed by atoms with Crippen LogP contribution in [0.5, 0.6) is 11.5 Å². The van der Waals surface area contributed by atoms with Crippen molar-refractivity contribution in [3.05, 3.63) is 86.0 Å². The third kappa shape index (κ3) is 7.73. The average Bonchev–Trinajstić information content (AvgIpc) is 3.57. The highest BCUT2D eigenvalue weighted by atomic mass is 32.2. The topological polar surface area (TPSA) is 196 Å². The van der Waals surface area contributed by atoms with Crippen LogP contribution in [0.3, 0.4) is 0 Å². The summed E-state index contributed by atoms with van der Waals surface area (Å²) >= 11 is 0. The van der Waals surface area contributed by atoms with Crippen LogP contribution in [-0.4, -0.2) is 116 Å². The fourth-order valence-corrected chi connectivity index (χ4v) is 7.64. The van der Waals surface area contributed by atoms with Crippen molar-refractivity contribution in [1.82, 2.24) is 14.1 Å². The van der Waals surface area contributed by atoms with Crippen molar-refractivity contribution >= 4 is 39.0 Å². The molecule has 260 valence electrons. The minimum atomic E-state index is -4.15. The predicted molar refractivity (Wildman–Crippen MR) is 180 cm³/mol. The van der Waals surface area contributed by atoms with Gasteiger partial charge in [0.05, 0.1) is 28.4 Å². The molecule has 49 heavy (non-hydrogen) atoms. The Balaban J connectivity index is 1.13. The number of fused-ring (bicyclic) bond motifs is 1. The first kappa shape index (κ1) is 34.0. The number of hydrogen-bond donors (Lipinski definition) is 2. The molecule has 2 N–H and O–H groups in total.